The third-order valence-electron chi connectivity index (χ3n) is 7.68. The van der Waals surface area contributed by atoms with Crippen LogP contribution in [0.2, 0.25) is 0 Å². The molecule has 0 saturated carbocycles. The largest absolute Gasteiger partial charge is 0.481 e. The normalized spacial score (nSPS) is 15.9. The van der Waals surface area contributed by atoms with Crippen molar-refractivity contribution in [3.63, 3.8) is 0 Å². The van der Waals surface area contributed by atoms with Crippen molar-refractivity contribution >= 4 is 40.1 Å². The number of carbonyl (C=O) groups excluding carboxylic acids is 2. The van der Waals surface area contributed by atoms with Crippen molar-refractivity contribution in [2.45, 2.75) is 32.1 Å². The average molecular weight is 601 g/mol. The van der Waals surface area contributed by atoms with Crippen LogP contribution in [0.5, 0.6) is 5.75 Å². The highest BCUT2D eigenvalue weighted by Crippen LogP contribution is 2.41. The molecule has 2 aromatic heterocycles. The van der Waals surface area contributed by atoms with Gasteiger partial charge in [-0.25, -0.2) is 14.4 Å². The van der Waals surface area contributed by atoms with E-state index in [0.717, 1.165) is 12.8 Å². The molecule has 0 unspecified atom stereocenters. The first-order valence-corrected chi connectivity index (χ1v) is 14.3. The van der Waals surface area contributed by atoms with Gasteiger partial charge in [-0.05, 0) is 55.0 Å². The molecule has 4 heterocycles. The lowest BCUT2D eigenvalue weighted by Gasteiger charge is -2.27. The summed E-state index contributed by atoms with van der Waals surface area (Å²) in [6, 6.07) is 6.43. The summed E-state index contributed by atoms with van der Waals surface area (Å²) in [5.41, 5.74) is 2.03. The van der Waals surface area contributed by atoms with Gasteiger partial charge in [-0.2, -0.15) is 4.39 Å². The van der Waals surface area contributed by atoms with E-state index in [1.54, 1.807) is 25.4 Å². The number of carboxylic acid groups (broad SMARTS) is 1. The van der Waals surface area contributed by atoms with Crippen molar-refractivity contribution in [1.29, 1.82) is 0 Å². The summed E-state index contributed by atoms with van der Waals surface area (Å²) in [5.74, 6) is -1.61. The van der Waals surface area contributed by atoms with Crippen molar-refractivity contribution in [3.8, 4) is 28.1 Å². The maximum absolute atomic E-state index is 15.6. The van der Waals surface area contributed by atoms with Gasteiger partial charge in [0.1, 0.15) is 17.3 Å². The highest BCUT2D eigenvalue weighted by atomic mass is 32.1. The zero-order valence-electron chi connectivity index (χ0n) is 23.1. The number of aromatic nitrogens is 2. The van der Waals surface area contributed by atoms with Crippen LogP contribution in [0, 0.1) is 17.0 Å². The Morgan fingerprint density at radius 2 is 2.02 bits per heavy atom. The van der Waals surface area contributed by atoms with Gasteiger partial charge >= 0.3 is 5.97 Å². The molecule has 2 aliphatic heterocycles. The summed E-state index contributed by atoms with van der Waals surface area (Å²) < 4.78 is 39.0. The molecule has 0 radical (unpaired) electrons. The fraction of sp³-hybridized carbons (Fsp3) is 0.414. The van der Waals surface area contributed by atoms with Crippen molar-refractivity contribution in [2.24, 2.45) is 11.8 Å². The number of ether oxygens (including phenoxy) is 2. The van der Waals surface area contributed by atoms with Crippen molar-refractivity contribution in [3.05, 3.63) is 41.2 Å². The first-order chi connectivity index (χ1) is 20.2. The van der Waals surface area contributed by atoms with Gasteiger partial charge in [-0.1, -0.05) is 11.3 Å². The van der Waals surface area contributed by atoms with E-state index >= 15 is 4.39 Å². The number of rotatable bonds is 10. The molecule has 222 valence electrons. The fourth-order valence-electron chi connectivity index (χ4n) is 5.44. The van der Waals surface area contributed by atoms with Crippen molar-refractivity contribution in [1.82, 2.24) is 9.97 Å². The Hall–Kier alpha value is -3.97. The monoisotopic (exact) mass is 600 g/mol. The van der Waals surface area contributed by atoms with Gasteiger partial charge in [0.15, 0.2) is 5.13 Å². The van der Waals surface area contributed by atoms with Crippen LogP contribution >= 0.6 is 11.3 Å². The molecule has 2 aliphatic rings. The van der Waals surface area contributed by atoms with Crippen LogP contribution in [0.3, 0.4) is 0 Å². The van der Waals surface area contributed by atoms with Gasteiger partial charge < -0.3 is 14.6 Å². The van der Waals surface area contributed by atoms with Crippen LogP contribution in [0.15, 0.2) is 30.5 Å². The van der Waals surface area contributed by atoms with Crippen molar-refractivity contribution < 1.29 is 37.7 Å². The Bertz CT molecular complexity index is 1510. The van der Waals surface area contributed by atoms with Crippen LogP contribution in [-0.2, 0) is 25.5 Å². The quantitative estimate of drug-likeness (QED) is 0.355. The molecular weight excluding hydrogens is 570 g/mol. The SMILES string of the molecule is CN(C(=O)[C@@H](CC(=O)O)CC1CCOCC1)c1nc(-c2cc(OCF)ccc2-c2cnc3c(c2)CC(=O)N3C)c(F)s1. The number of benzene rings is 1. The van der Waals surface area contributed by atoms with Crippen LogP contribution in [-0.4, -0.2) is 67.0 Å². The number of fused-ring (bicyclic) bond motifs is 1. The van der Waals surface area contributed by atoms with Crippen LogP contribution < -0.4 is 14.5 Å². The molecule has 13 heteroatoms. The van der Waals surface area contributed by atoms with Crippen LogP contribution in [0.1, 0.15) is 31.2 Å². The topological polar surface area (TPSA) is 122 Å². The maximum atomic E-state index is 15.6. The zero-order valence-corrected chi connectivity index (χ0v) is 24.0. The lowest BCUT2D eigenvalue weighted by Crippen LogP contribution is -2.35. The minimum absolute atomic E-state index is 0.0527. The highest BCUT2D eigenvalue weighted by Gasteiger charge is 2.32. The first kappa shape index (κ1) is 29.5. The lowest BCUT2D eigenvalue weighted by atomic mass is 9.86. The molecule has 1 aromatic carbocycles. The average Bonchev–Trinajstić information content (AvgIpc) is 3.50. The smallest absolute Gasteiger partial charge is 0.304 e. The molecule has 3 aromatic rings. The number of likely N-dealkylation sites (N-methyl/N-ethyl adjacent to an activating group) is 1. The van der Waals surface area contributed by atoms with E-state index in [1.807, 2.05) is 0 Å². The molecule has 10 nitrogen and oxygen atoms in total. The van der Waals surface area contributed by atoms with Crippen LogP contribution in [0.4, 0.5) is 19.7 Å². The Morgan fingerprint density at radius 1 is 1.26 bits per heavy atom. The molecule has 2 amide bonds. The fourth-order valence-corrected chi connectivity index (χ4v) is 6.22. The van der Waals surface area contributed by atoms with E-state index < -0.39 is 29.8 Å². The van der Waals surface area contributed by atoms with Gasteiger partial charge in [0.05, 0.1) is 12.8 Å². The highest BCUT2D eigenvalue weighted by molar-refractivity contribution is 7.14. The van der Waals surface area contributed by atoms with Crippen molar-refractivity contribution in [2.75, 3.05) is 44.0 Å². The number of carbonyl (C=O) groups is 3. The number of anilines is 2. The summed E-state index contributed by atoms with van der Waals surface area (Å²) >= 11 is 0.650. The predicted molar refractivity (Wildman–Crippen MR) is 152 cm³/mol. The second-order valence-corrected chi connectivity index (χ2v) is 11.3. The van der Waals surface area contributed by atoms with E-state index in [2.05, 4.69) is 9.97 Å². The second-order valence-electron chi connectivity index (χ2n) is 10.4. The summed E-state index contributed by atoms with van der Waals surface area (Å²) in [5, 5.41) is 8.84. The molecule has 1 N–H and O–H groups in total. The number of amides is 2. The molecule has 1 saturated heterocycles. The first-order valence-electron chi connectivity index (χ1n) is 13.5. The lowest BCUT2D eigenvalue weighted by molar-refractivity contribution is -0.141. The Kier molecular flexibility index (Phi) is 8.78. The number of hydrogen-bond acceptors (Lipinski definition) is 8. The molecule has 0 bridgehead atoms. The number of thiazole rings is 1. The number of aliphatic carboxylic acids is 1. The van der Waals surface area contributed by atoms with Gasteiger partial charge in [-0.15, -0.1) is 0 Å². The molecule has 1 fully saturated rings. The Labute approximate surface area is 244 Å². The number of pyridine rings is 1. The number of halogens is 2. The van der Waals surface area contributed by atoms with E-state index in [4.69, 9.17) is 9.47 Å². The van der Waals surface area contributed by atoms with E-state index in [9.17, 15) is 23.9 Å². The molecule has 0 aliphatic carbocycles. The second kappa shape index (κ2) is 12.5. The third-order valence-corrected chi connectivity index (χ3v) is 8.60. The minimum atomic E-state index is -1.09. The van der Waals surface area contributed by atoms with Crippen LogP contribution in [0.25, 0.3) is 22.4 Å². The number of alkyl halides is 1. The minimum Gasteiger partial charge on any atom is -0.481 e. The third kappa shape index (κ3) is 6.12. The van der Waals surface area contributed by atoms with E-state index in [0.29, 0.717) is 53.5 Å². The molecular formula is C29H30F2N4O6S. The summed E-state index contributed by atoms with van der Waals surface area (Å²) in [4.78, 5) is 48.8. The van der Waals surface area contributed by atoms with E-state index in [1.165, 1.54) is 29.0 Å². The molecule has 5 rings (SSSR count). The standard InChI is InChI=1S/C29H30F2N4O6S/c1-34-23(36)11-17-10-19(14-32-27(17)34)21-4-3-20(41-15-30)13-22(21)25-26(31)42-29(33-25)35(2)28(39)18(12-24(37)38)9-16-5-7-40-8-6-16/h3-4,10,13-14,16,18H,5-9,11-12,15H2,1-2H3,(H,37,38)/t18-/m1/s1. The van der Waals surface area contributed by atoms with Gasteiger partial charge in [-0.3, -0.25) is 24.2 Å². The van der Waals surface area contributed by atoms with Gasteiger partial charge in [0.25, 0.3) is 0 Å². The number of hydrogen-bond donors (Lipinski definition) is 1. The molecule has 1 atom stereocenters. The predicted octanol–water partition coefficient (Wildman–Crippen LogP) is 4.71. The Morgan fingerprint density at radius 3 is 2.74 bits per heavy atom. The summed E-state index contributed by atoms with van der Waals surface area (Å²) in [7, 11) is 3.09. The van der Waals surface area contributed by atoms with E-state index in [-0.39, 0.29) is 46.8 Å². The molecule has 0 spiro atoms. The number of carboxylic acids is 1. The zero-order chi connectivity index (χ0) is 30.0. The Balaban J connectivity index is 1.48. The van der Waals surface area contributed by atoms with Gasteiger partial charge in [0, 0.05) is 56.1 Å². The summed E-state index contributed by atoms with van der Waals surface area (Å²) in [6.45, 7) is 0.0410. The van der Waals surface area contributed by atoms with Gasteiger partial charge in [0.2, 0.25) is 23.8 Å². The summed E-state index contributed by atoms with van der Waals surface area (Å²) in [6.07, 6.45) is 3.26. The number of nitrogens with zero attached hydrogens (tertiary/aromatic N) is 4. The molecule has 42 heavy (non-hydrogen) atoms. The maximum Gasteiger partial charge on any atom is 0.304 e.